The maximum atomic E-state index is 12.2. The van der Waals surface area contributed by atoms with Crippen LogP contribution in [0.15, 0.2) is 53.4 Å². The minimum atomic E-state index is -3.58. The topological polar surface area (TPSA) is 84.5 Å². The lowest BCUT2D eigenvalue weighted by atomic mass is 10.1. The molecule has 24 heavy (non-hydrogen) atoms. The molecule has 0 spiro atoms. The number of amides is 1. The van der Waals surface area contributed by atoms with E-state index in [9.17, 15) is 13.2 Å². The molecule has 2 N–H and O–H groups in total. The summed E-state index contributed by atoms with van der Waals surface area (Å²) in [5.74, 6) is 0.557. The first-order valence-corrected chi connectivity index (χ1v) is 8.89. The lowest BCUT2D eigenvalue weighted by molar-refractivity contribution is -0.114. The lowest BCUT2D eigenvalue weighted by Crippen LogP contribution is -2.26. The Morgan fingerprint density at radius 3 is 2.21 bits per heavy atom. The maximum absolute atomic E-state index is 12.2. The van der Waals surface area contributed by atoms with E-state index < -0.39 is 10.0 Å². The Balaban J connectivity index is 1.93. The van der Waals surface area contributed by atoms with Crippen molar-refractivity contribution in [3.8, 4) is 5.75 Å². The third kappa shape index (κ3) is 5.07. The summed E-state index contributed by atoms with van der Waals surface area (Å²) in [7, 11) is -1.98. The number of methoxy groups -OCH3 is 1. The molecule has 0 atom stereocenters. The van der Waals surface area contributed by atoms with Gasteiger partial charge in [-0.2, -0.15) is 0 Å². The van der Waals surface area contributed by atoms with E-state index in [2.05, 4.69) is 10.0 Å². The van der Waals surface area contributed by atoms with Crippen LogP contribution in [0.5, 0.6) is 5.75 Å². The van der Waals surface area contributed by atoms with Crippen molar-refractivity contribution in [3.63, 3.8) is 0 Å². The van der Waals surface area contributed by atoms with Crippen molar-refractivity contribution in [3.05, 3.63) is 54.1 Å². The summed E-state index contributed by atoms with van der Waals surface area (Å²) < 4.78 is 32.1. The van der Waals surface area contributed by atoms with E-state index in [1.54, 1.807) is 19.2 Å². The van der Waals surface area contributed by atoms with Crippen molar-refractivity contribution >= 4 is 21.6 Å². The van der Waals surface area contributed by atoms with Gasteiger partial charge in [0.05, 0.1) is 12.0 Å². The van der Waals surface area contributed by atoms with E-state index in [0.717, 1.165) is 11.3 Å². The van der Waals surface area contributed by atoms with E-state index in [1.807, 2.05) is 24.3 Å². The van der Waals surface area contributed by atoms with Gasteiger partial charge in [-0.05, 0) is 48.4 Å². The second-order valence-corrected chi connectivity index (χ2v) is 6.97. The molecule has 0 bridgehead atoms. The smallest absolute Gasteiger partial charge is 0.240 e. The molecule has 2 aromatic carbocycles. The first-order chi connectivity index (χ1) is 11.4. The van der Waals surface area contributed by atoms with Crippen LogP contribution in [0, 0.1) is 0 Å². The number of nitrogens with one attached hydrogen (secondary N) is 2. The Labute approximate surface area is 141 Å². The molecule has 7 heteroatoms. The molecule has 0 saturated heterocycles. The quantitative estimate of drug-likeness (QED) is 0.803. The van der Waals surface area contributed by atoms with Crippen molar-refractivity contribution in [1.82, 2.24) is 4.72 Å². The first-order valence-electron chi connectivity index (χ1n) is 7.41. The van der Waals surface area contributed by atoms with Crippen LogP contribution in [0.4, 0.5) is 5.69 Å². The van der Waals surface area contributed by atoms with Crippen LogP contribution in [0.25, 0.3) is 0 Å². The molecule has 0 aliphatic carbocycles. The Morgan fingerprint density at radius 1 is 1.04 bits per heavy atom. The van der Waals surface area contributed by atoms with Gasteiger partial charge < -0.3 is 10.1 Å². The van der Waals surface area contributed by atoms with Gasteiger partial charge in [-0.1, -0.05) is 12.1 Å². The van der Waals surface area contributed by atoms with Crippen molar-refractivity contribution in [2.45, 2.75) is 18.2 Å². The van der Waals surface area contributed by atoms with Crippen LogP contribution in [-0.2, 0) is 21.2 Å². The molecule has 2 rings (SSSR count). The van der Waals surface area contributed by atoms with Crippen LogP contribution in [0.1, 0.15) is 12.5 Å². The molecule has 0 aromatic heterocycles. The number of hydrogen-bond donors (Lipinski definition) is 2. The van der Waals surface area contributed by atoms with Gasteiger partial charge in [-0.25, -0.2) is 13.1 Å². The van der Waals surface area contributed by atoms with Gasteiger partial charge in [-0.3, -0.25) is 4.79 Å². The van der Waals surface area contributed by atoms with Gasteiger partial charge in [0.15, 0.2) is 0 Å². The van der Waals surface area contributed by atoms with Crippen molar-refractivity contribution in [2.24, 2.45) is 0 Å². The summed E-state index contributed by atoms with van der Waals surface area (Å²) >= 11 is 0. The number of rotatable bonds is 7. The van der Waals surface area contributed by atoms with Crippen LogP contribution in [-0.4, -0.2) is 28.0 Å². The van der Waals surface area contributed by atoms with Crippen LogP contribution < -0.4 is 14.8 Å². The van der Waals surface area contributed by atoms with E-state index >= 15 is 0 Å². The largest absolute Gasteiger partial charge is 0.497 e. The summed E-state index contributed by atoms with van der Waals surface area (Å²) in [6.45, 7) is 1.69. The summed E-state index contributed by atoms with van der Waals surface area (Å²) in [6.07, 6.45) is 0.577. The summed E-state index contributed by atoms with van der Waals surface area (Å²) in [5, 5.41) is 2.59. The predicted octanol–water partition coefficient (Wildman–Crippen LogP) is 2.17. The number of ether oxygens (including phenoxy) is 1. The molecule has 0 heterocycles. The fourth-order valence-corrected chi connectivity index (χ4v) is 3.16. The average Bonchev–Trinajstić information content (AvgIpc) is 2.55. The van der Waals surface area contributed by atoms with Crippen molar-refractivity contribution in [1.29, 1.82) is 0 Å². The Kier molecular flexibility index (Phi) is 5.94. The van der Waals surface area contributed by atoms with Gasteiger partial charge >= 0.3 is 0 Å². The van der Waals surface area contributed by atoms with Crippen molar-refractivity contribution < 1.29 is 17.9 Å². The number of hydrogen-bond acceptors (Lipinski definition) is 4. The van der Waals surface area contributed by atoms with Gasteiger partial charge in [0.25, 0.3) is 0 Å². The minimum Gasteiger partial charge on any atom is -0.497 e. The number of carbonyl (C=O) groups is 1. The molecule has 128 valence electrons. The number of benzene rings is 2. The first kappa shape index (κ1) is 18.0. The highest BCUT2D eigenvalue weighted by Crippen LogP contribution is 2.14. The fraction of sp³-hybridized carbons (Fsp3) is 0.235. The van der Waals surface area contributed by atoms with Crippen molar-refractivity contribution in [2.75, 3.05) is 19.0 Å². The highest BCUT2D eigenvalue weighted by atomic mass is 32.2. The highest BCUT2D eigenvalue weighted by molar-refractivity contribution is 7.89. The third-order valence-corrected chi connectivity index (χ3v) is 4.83. The normalized spacial score (nSPS) is 11.1. The van der Waals surface area contributed by atoms with E-state index in [0.29, 0.717) is 18.7 Å². The summed E-state index contributed by atoms with van der Waals surface area (Å²) in [5.41, 5.74) is 1.57. The van der Waals surface area contributed by atoms with E-state index in [1.165, 1.54) is 19.1 Å². The SMILES string of the molecule is COc1ccc(CCNS(=O)(=O)c2ccc(NC(C)=O)cc2)cc1. The zero-order valence-corrected chi connectivity index (χ0v) is 14.4. The van der Waals surface area contributed by atoms with Crippen LogP contribution >= 0.6 is 0 Å². The van der Waals surface area contributed by atoms with Gasteiger partial charge in [0.2, 0.25) is 15.9 Å². The third-order valence-electron chi connectivity index (χ3n) is 3.35. The monoisotopic (exact) mass is 348 g/mol. The number of anilines is 1. The summed E-state index contributed by atoms with van der Waals surface area (Å²) in [6, 6.07) is 13.5. The standard InChI is InChI=1S/C17H20N2O4S/c1-13(20)19-15-5-9-17(10-6-15)24(21,22)18-12-11-14-3-7-16(23-2)8-4-14/h3-10,18H,11-12H2,1-2H3,(H,19,20). The number of sulfonamides is 1. The van der Waals surface area contributed by atoms with Crippen LogP contribution in [0.2, 0.25) is 0 Å². The molecule has 0 saturated carbocycles. The van der Waals surface area contributed by atoms with Crippen LogP contribution in [0.3, 0.4) is 0 Å². The second-order valence-electron chi connectivity index (χ2n) is 5.20. The molecule has 6 nitrogen and oxygen atoms in total. The maximum Gasteiger partial charge on any atom is 0.240 e. The molecule has 1 amide bonds. The molecule has 0 aliphatic rings. The Hall–Kier alpha value is -2.38. The summed E-state index contributed by atoms with van der Waals surface area (Å²) in [4.78, 5) is 11.1. The predicted molar refractivity (Wildman–Crippen MR) is 92.6 cm³/mol. The molecule has 0 radical (unpaired) electrons. The molecular formula is C17H20N2O4S. The van der Waals surface area contributed by atoms with Gasteiger partial charge in [-0.15, -0.1) is 0 Å². The zero-order valence-electron chi connectivity index (χ0n) is 13.6. The molecular weight excluding hydrogens is 328 g/mol. The Bertz CT molecular complexity index is 784. The van der Waals surface area contributed by atoms with Gasteiger partial charge in [0, 0.05) is 19.2 Å². The highest BCUT2D eigenvalue weighted by Gasteiger charge is 2.13. The number of carbonyl (C=O) groups excluding carboxylic acids is 1. The molecule has 2 aromatic rings. The minimum absolute atomic E-state index is 0.159. The fourth-order valence-electron chi connectivity index (χ4n) is 2.13. The molecule has 0 unspecified atom stereocenters. The van der Waals surface area contributed by atoms with E-state index in [-0.39, 0.29) is 10.8 Å². The van der Waals surface area contributed by atoms with E-state index in [4.69, 9.17) is 4.74 Å². The zero-order chi connectivity index (χ0) is 17.6. The average molecular weight is 348 g/mol. The Morgan fingerprint density at radius 2 is 1.67 bits per heavy atom. The second kappa shape index (κ2) is 7.94. The van der Waals surface area contributed by atoms with Gasteiger partial charge in [0.1, 0.15) is 5.75 Å². The molecule has 0 fully saturated rings. The lowest BCUT2D eigenvalue weighted by Gasteiger charge is -2.08. The molecule has 0 aliphatic heterocycles.